The molecule has 164 valence electrons. The number of azo groups is 1. The minimum atomic E-state index is -0.501. The van der Waals surface area contributed by atoms with E-state index in [4.69, 9.17) is 4.74 Å². The molecule has 8 heteroatoms. The number of anilines is 1. The number of rotatable bonds is 9. The van der Waals surface area contributed by atoms with Gasteiger partial charge >= 0.3 is 0 Å². The highest BCUT2D eigenvalue weighted by Crippen LogP contribution is 2.36. The summed E-state index contributed by atoms with van der Waals surface area (Å²) < 4.78 is 5.86. The van der Waals surface area contributed by atoms with Gasteiger partial charge in [0.2, 0.25) is 0 Å². The molecule has 0 fully saturated rings. The van der Waals surface area contributed by atoms with Crippen molar-refractivity contribution in [3.05, 3.63) is 39.8 Å². The number of aliphatic hydroxyl groups is 1. The summed E-state index contributed by atoms with van der Waals surface area (Å²) in [4.78, 5) is 2.70. The fourth-order valence-corrected chi connectivity index (χ4v) is 3.97. The van der Waals surface area contributed by atoms with Crippen molar-refractivity contribution in [1.82, 2.24) is 0 Å². The molecule has 1 unspecified atom stereocenters. The largest absolute Gasteiger partial charge is 0.391 e. The molecule has 7 nitrogen and oxygen atoms in total. The molecule has 0 aliphatic carbocycles. The Balaban J connectivity index is 2.22. The Bertz CT molecular complexity index is 1030. The van der Waals surface area contributed by atoms with Gasteiger partial charge in [0.05, 0.1) is 29.6 Å². The average Bonchev–Trinajstić information content (AvgIpc) is 3.04. The first-order chi connectivity index (χ1) is 14.6. The molecule has 0 amide bonds. The highest BCUT2D eigenvalue weighted by Gasteiger charge is 2.23. The highest BCUT2D eigenvalue weighted by atomic mass is 32.1. The molecule has 1 N–H and O–H groups in total. The van der Waals surface area contributed by atoms with E-state index in [1.165, 1.54) is 11.3 Å². The van der Waals surface area contributed by atoms with E-state index in [1.807, 2.05) is 39.0 Å². The minimum absolute atomic E-state index is 0.295. The van der Waals surface area contributed by atoms with E-state index >= 15 is 0 Å². The number of thiophene rings is 1. The Morgan fingerprint density at radius 1 is 1.23 bits per heavy atom. The van der Waals surface area contributed by atoms with E-state index < -0.39 is 11.7 Å². The summed E-state index contributed by atoms with van der Waals surface area (Å²) in [5.74, 6) is 0. The van der Waals surface area contributed by atoms with E-state index in [0.29, 0.717) is 39.8 Å². The Morgan fingerprint density at radius 2 is 1.94 bits per heavy atom. The predicted molar refractivity (Wildman–Crippen MR) is 123 cm³/mol. The molecule has 0 bridgehead atoms. The van der Waals surface area contributed by atoms with Crippen molar-refractivity contribution >= 4 is 27.7 Å². The van der Waals surface area contributed by atoms with Crippen LogP contribution in [0.1, 0.15) is 49.3 Å². The normalized spacial score (nSPS) is 12.5. The summed E-state index contributed by atoms with van der Waals surface area (Å²) in [6.45, 7) is 13.3. The second kappa shape index (κ2) is 10.5. The maximum absolute atomic E-state index is 9.50. The third-order valence-corrected chi connectivity index (χ3v) is 5.88. The van der Waals surface area contributed by atoms with Crippen LogP contribution in [0.5, 0.6) is 0 Å². The van der Waals surface area contributed by atoms with Gasteiger partial charge in [0.15, 0.2) is 5.00 Å². The maximum atomic E-state index is 9.50. The van der Waals surface area contributed by atoms with Gasteiger partial charge in [-0.1, -0.05) is 0 Å². The fourth-order valence-electron chi connectivity index (χ4n) is 3.09. The van der Waals surface area contributed by atoms with Crippen molar-refractivity contribution in [3.8, 4) is 12.1 Å². The van der Waals surface area contributed by atoms with E-state index in [1.54, 1.807) is 13.8 Å². The zero-order valence-electron chi connectivity index (χ0n) is 18.9. The van der Waals surface area contributed by atoms with Crippen molar-refractivity contribution in [1.29, 1.82) is 10.5 Å². The molecule has 2 aromatic rings. The molecule has 0 spiro atoms. The summed E-state index contributed by atoms with van der Waals surface area (Å²) in [5.41, 5.74) is 3.34. The number of likely N-dealkylation sites (N-methyl/N-ethyl adjacent to an activating group) is 1. The molecule has 1 aromatic carbocycles. The molecule has 0 aliphatic heterocycles. The Hall–Kier alpha value is -2.78. The lowest BCUT2D eigenvalue weighted by atomic mass is 10.1. The van der Waals surface area contributed by atoms with Crippen molar-refractivity contribution in [2.75, 3.05) is 24.6 Å². The van der Waals surface area contributed by atoms with Gasteiger partial charge in [-0.2, -0.15) is 10.5 Å². The number of hydrogen-bond acceptors (Lipinski definition) is 8. The Kier molecular flexibility index (Phi) is 8.29. The Morgan fingerprint density at radius 3 is 2.48 bits per heavy atom. The molecule has 0 aliphatic rings. The van der Waals surface area contributed by atoms with Gasteiger partial charge in [-0.15, -0.1) is 21.6 Å². The second-order valence-electron chi connectivity index (χ2n) is 8.06. The molecule has 1 heterocycles. The van der Waals surface area contributed by atoms with Crippen LogP contribution < -0.4 is 4.90 Å². The van der Waals surface area contributed by atoms with Gasteiger partial charge in [0.25, 0.3) is 0 Å². The van der Waals surface area contributed by atoms with E-state index in [0.717, 1.165) is 17.8 Å². The van der Waals surface area contributed by atoms with Gasteiger partial charge < -0.3 is 14.7 Å². The third-order valence-electron chi connectivity index (χ3n) is 4.80. The first-order valence-electron chi connectivity index (χ1n) is 10.1. The first kappa shape index (κ1) is 24.5. The third kappa shape index (κ3) is 6.35. The smallest absolute Gasteiger partial charge is 0.158 e. The summed E-state index contributed by atoms with van der Waals surface area (Å²) in [5, 5.41) is 37.1. The van der Waals surface area contributed by atoms with Gasteiger partial charge in [-0.05, 0) is 70.9 Å². The SMILES string of the molecule is CCN(CC(C)(C)OCC(C)O)c1ccc(N=Nc2sc(C#N)c(C)c2C#N)c(C)c1. The lowest BCUT2D eigenvalue weighted by Crippen LogP contribution is -2.42. The van der Waals surface area contributed by atoms with Gasteiger partial charge in [-0.3, -0.25) is 0 Å². The van der Waals surface area contributed by atoms with Crippen LogP contribution >= 0.6 is 11.3 Å². The first-order valence-corrected chi connectivity index (χ1v) is 11.0. The zero-order chi connectivity index (χ0) is 23.2. The van der Waals surface area contributed by atoms with Crippen LogP contribution in [0, 0.1) is 36.5 Å². The molecular formula is C23H29N5O2S. The predicted octanol–water partition coefficient (Wildman–Crippen LogP) is 5.53. The summed E-state index contributed by atoms with van der Waals surface area (Å²) >= 11 is 1.18. The molecule has 2 rings (SSSR count). The quantitative estimate of drug-likeness (QED) is 0.517. The fraction of sp³-hybridized carbons (Fsp3) is 0.478. The number of aryl methyl sites for hydroxylation is 1. The van der Waals surface area contributed by atoms with Crippen molar-refractivity contribution in [2.24, 2.45) is 10.2 Å². The minimum Gasteiger partial charge on any atom is -0.391 e. The number of ether oxygens (including phenoxy) is 1. The lowest BCUT2D eigenvalue weighted by molar-refractivity contribution is -0.0498. The van der Waals surface area contributed by atoms with Crippen LogP contribution in [0.2, 0.25) is 0 Å². The van der Waals surface area contributed by atoms with E-state index in [2.05, 4.69) is 34.2 Å². The number of hydrogen-bond donors (Lipinski definition) is 1. The van der Waals surface area contributed by atoms with Gasteiger partial charge in [0, 0.05) is 18.8 Å². The number of benzene rings is 1. The maximum Gasteiger partial charge on any atom is 0.158 e. The highest BCUT2D eigenvalue weighted by molar-refractivity contribution is 7.16. The van der Waals surface area contributed by atoms with Gasteiger partial charge in [0.1, 0.15) is 17.0 Å². The molecule has 1 atom stereocenters. The van der Waals surface area contributed by atoms with Crippen LogP contribution in [0.25, 0.3) is 0 Å². The summed E-state index contributed by atoms with van der Waals surface area (Å²) in [7, 11) is 0. The standard InChI is InChI=1S/C23H29N5O2S/c1-7-28(14-23(5,6)30-13-16(3)29)18-8-9-20(15(2)10-18)26-27-22-19(11-24)17(4)21(12-25)31-22/h8-10,16,29H,7,13-14H2,1-6H3. The van der Waals surface area contributed by atoms with Crippen molar-refractivity contribution in [3.63, 3.8) is 0 Å². The summed E-state index contributed by atoms with van der Waals surface area (Å²) in [6, 6.07) is 10.1. The monoisotopic (exact) mass is 439 g/mol. The number of nitrogens with zero attached hydrogens (tertiary/aromatic N) is 5. The van der Waals surface area contributed by atoms with Crippen LogP contribution in [-0.4, -0.2) is 36.5 Å². The van der Waals surface area contributed by atoms with Crippen molar-refractivity contribution < 1.29 is 9.84 Å². The molecule has 1 aromatic heterocycles. The molecule has 0 saturated heterocycles. The van der Waals surface area contributed by atoms with Crippen LogP contribution in [-0.2, 0) is 4.74 Å². The van der Waals surface area contributed by atoms with Crippen molar-refractivity contribution in [2.45, 2.75) is 53.2 Å². The molecule has 0 saturated carbocycles. The lowest BCUT2D eigenvalue weighted by Gasteiger charge is -2.34. The summed E-state index contributed by atoms with van der Waals surface area (Å²) in [6.07, 6.45) is -0.501. The second-order valence-corrected chi connectivity index (χ2v) is 9.06. The van der Waals surface area contributed by atoms with Gasteiger partial charge in [-0.25, -0.2) is 0 Å². The number of aliphatic hydroxyl groups excluding tert-OH is 1. The number of nitriles is 2. The van der Waals surface area contributed by atoms with E-state index in [9.17, 15) is 15.6 Å². The topological polar surface area (TPSA) is 105 Å². The van der Waals surface area contributed by atoms with Crippen LogP contribution in [0.3, 0.4) is 0 Å². The van der Waals surface area contributed by atoms with Crippen LogP contribution in [0.15, 0.2) is 28.4 Å². The van der Waals surface area contributed by atoms with E-state index in [-0.39, 0.29) is 0 Å². The zero-order valence-corrected chi connectivity index (χ0v) is 19.7. The Labute approximate surface area is 188 Å². The molecule has 31 heavy (non-hydrogen) atoms. The molecular weight excluding hydrogens is 410 g/mol. The average molecular weight is 440 g/mol. The molecule has 0 radical (unpaired) electrons. The van der Waals surface area contributed by atoms with Crippen LogP contribution in [0.4, 0.5) is 16.4 Å².